The minimum Gasteiger partial charge on any atom is -0.369 e. The number of benzene rings is 1. The van der Waals surface area contributed by atoms with Crippen molar-refractivity contribution >= 4 is 23.6 Å². The van der Waals surface area contributed by atoms with Crippen LogP contribution in [0.3, 0.4) is 0 Å². The van der Waals surface area contributed by atoms with Crippen molar-refractivity contribution in [3.8, 4) is 0 Å². The summed E-state index contributed by atoms with van der Waals surface area (Å²) < 4.78 is 0. The number of primary amides is 1. The molecular formula is C15H23N3O2S. The third-order valence-electron chi connectivity index (χ3n) is 3.03. The van der Waals surface area contributed by atoms with Crippen LogP contribution in [0.15, 0.2) is 29.2 Å². The van der Waals surface area contributed by atoms with Gasteiger partial charge < -0.3 is 16.8 Å². The van der Waals surface area contributed by atoms with E-state index in [4.69, 9.17) is 11.5 Å². The summed E-state index contributed by atoms with van der Waals surface area (Å²) in [6.45, 7) is 2.52. The molecule has 0 aliphatic rings. The first-order valence-corrected chi connectivity index (χ1v) is 8.08. The van der Waals surface area contributed by atoms with Crippen molar-refractivity contribution in [3.05, 3.63) is 29.8 Å². The summed E-state index contributed by atoms with van der Waals surface area (Å²) in [6, 6.07) is 7.16. The van der Waals surface area contributed by atoms with Gasteiger partial charge in [0, 0.05) is 17.5 Å². The van der Waals surface area contributed by atoms with Gasteiger partial charge in [-0.25, -0.2) is 0 Å². The molecule has 6 heteroatoms. The molecule has 0 spiro atoms. The first-order chi connectivity index (χ1) is 10.1. The molecule has 0 radical (unpaired) electrons. The van der Waals surface area contributed by atoms with E-state index < -0.39 is 5.91 Å². The second kappa shape index (κ2) is 9.41. The molecule has 0 aliphatic heterocycles. The van der Waals surface area contributed by atoms with E-state index in [2.05, 4.69) is 12.2 Å². The zero-order valence-electron chi connectivity index (χ0n) is 12.3. The SMILES string of the molecule is CCCCC(CN)NC(=O)c1ccccc1SCC(N)=O. The fourth-order valence-corrected chi connectivity index (χ4v) is 2.68. The van der Waals surface area contributed by atoms with E-state index in [1.165, 1.54) is 11.8 Å². The first-order valence-electron chi connectivity index (χ1n) is 7.09. The number of carbonyl (C=O) groups is 2. The molecule has 0 bridgehead atoms. The monoisotopic (exact) mass is 309 g/mol. The van der Waals surface area contributed by atoms with E-state index in [-0.39, 0.29) is 17.7 Å². The Kier molecular flexibility index (Phi) is 7.85. The molecule has 1 aromatic rings. The Balaban J connectivity index is 2.74. The standard InChI is InChI=1S/C15H23N3O2S/c1-2-3-6-11(9-16)18-15(20)12-7-4-5-8-13(12)21-10-14(17)19/h4-5,7-8,11H,2-3,6,9-10,16H2,1H3,(H2,17,19)(H,18,20). The van der Waals surface area contributed by atoms with Crippen LogP contribution in [0.25, 0.3) is 0 Å². The van der Waals surface area contributed by atoms with Crippen molar-refractivity contribution in [2.75, 3.05) is 12.3 Å². The van der Waals surface area contributed by atoms with Crippen molar-refractivity contribution in [1.82, 2.24) is 5.32 Å². The second-order valence-electron chi connectivity index (χ2n) is 4.80. The van der Waals surface area contributed by atoms with E-state index in [1.54, 1.807) is 12.1 Å². The van der Waals surface area contributed by atoms with Crippen LogP contribution in [-0.2, 0) is 4.79 Å². The van der Waals surface area contributed by atoms with Crippen LogP contribution in [0.4, 0.5) is 0 Å². The molecule has 0 saturated carbocycles. The lowest BCUT2D eigenvalue weighted by Crippen LogP contribution is -2.40. The van der Waals surface area contributed by atoms with E-state index in [0.717, 1.165) is 24.2 Å². The fraction of sp³-hybridized carbons (Fsp3) is 0.467. The van der Waals surface area contributed by atoms with Gasteiger partial charge in [-0.15, -0.1) is 11.8 Å². The highest BCUT2D eigenvalue weighted by atomic mass is 32.2. The van der Waals surface area contributed by atoms with Crippen molar-refractivity contribution in [2.24, 2.45) is 11.5 Å². The predicted octanol–water partition coefficient (Wildman–Crippen LogP) is 1.51. The number of carbonyl (C=O) groups excluding carboxylic acids is 2. The molecule has 21 heavy (non-hydrogen) atoms. The van der Waals surface area contributed by atoms with Gasteiger partial charge in [0.05, 0.1) is 11.3 Å². The predicted molar refractivity (Wildman–Crippen MR) is 86.2 cm³/mol. The highest BCUT2D eigenvalue weighted by molar-refractivity contribution is 8.00. The maximum absolute atomic E-state index is 12.3. The lowest BCUT2D eigenvalue weighted by molar-refractivity contribution is -0.115. The van der Waals surface area contributed by atoms with Crippen molar-refractivity contribution in [1.29, 1.82) is 0 Å². The molecule has 1 aromatic carbocycles. The molecule has 0 aliphatic carbocycles. The van der Waals surface area contributed by atoms with Crippen LogP contribution < -0.4 is 16.8 Å². The molecule has 5 nitrogen and oxygen atoms in total. The third-order valence-corrected chi connectivity index (χ3v) is 4.12. The number of hydrogen-bond donors (Lipinski definition) is 3. The van der Waals surface area contributed by atoms with Gasteiger partial charge in [-0.1, -0.05) is 31.9 Å². The van der Waals surface area contributed by atoms with Gasteiger partial charge >= 0.3 is 0 Å². The van der Waals surface area contributed by atoms with E-state index >= 15 is 0 Å². The number of rotatable bonds is 9. The molecule has 0 fully saturated rings. The van der Waals surface area contributed by atoms with Crippen LogP contribution in [0.5, 0.6) is 0 Å². The molecule has 5 N–H and O–H groups in total. The van der Waals surface area contributed by atoms with Gasteiger partial charge in [0.2, 0.25) is 5.91 Å². The molecule has 2 amide bonds. The molecule has 1 rings (SSSR count). The Labute approximate surface area is 129 Å². The smallest absolute Gasteiger partial charge is 0.252 e. The number of unbranched alkanes of at least 4 members (excludes halogenated alkanes) is 1. The molecular weight excluding hydrogens is 286 g/mol. The number of hydrogen-bond acceptors (Lipinski definition) is 4. The fourth-order valence-electron chi connectivity index (χ4n) is 1.89. The Hall–Kier alpha value is -1.53. The summed E-state index contributed by atoms with van der Waals surface area (Å²) >= 11 is 1.27. The summed E-state index contributed by atoms with van der Waals surface area (Å²) in [5, 5.41) is 2.95. The minimum atomic E-state index is -0.405. The number of nitrogens with two attached hydrogens (primary N) is 2. The molecule has 0 aromatic heterocycles. The number of amides is 2. The summed E-state index contributed by atoms with van der Waals surface area (Å²) in [7, 11) is 0. The van der Waals surface area contributed by atoms with Gasteiger partial charge in [-0.3, -0.25) is 9.59 Å². The van der Waals surface area contributed by atoms with Crippen LogP contribution in [0.1, 0.15) is 36.5 Å². The van der Waals surface area contributed by atoms with E-state index in [0.29, 0.717) is 12.1 Å². The highest BCUT2D eigenvalue weighted by Crippen LogP contribution is 2.22. The van der Waals surface area contributed by atoms with Gasteiger partial charge in [-0.2, -0.15) is 0 Å². The molecule has 116 valence electrons. The van der Waals surface area contributed by atoms with E-state index in [9.17, 15) is 9.59 Å². The average Bonchev–Trinajstić information content (AvgIpc) is 2.49. The van der Waals surface area contributed by atoms with Crippen LogP contribution in [0, 0.1) is 0 Å². The quantitative estimate of drug-likeness (QED) is 0.602. The average molecular weight is 309 g/mol. The number of nitrogens with one attached hydrogen (secondary N) is 1. The Morgan fingerprint density at radius 2 is 2.05 bits per heavy atom. The van der Waals surface area contributed by atoms with Gasteiger partial charge in [0.1, 0.15) is 0 Å². The van der Waals surface area contributed by atoms with Crippen LogP contribution in [-0.4, -0.2) is 30.2 Å². The zero-order valence-corrected chi connectivity index (χ0v) is 13.1. The lowest BCUT2D eigenvalue weighted by atomic mass is 10.1. The van der Waals surface area contributed by atoms with Crippen molar-refractivity contribution < 1.29 is 9.59 Å². The highest BCUT2D eigenvalue weighted by Gasteiger charge is 2.15. The normalized spacial score (nSPS) is 11.9. The maximum Gasteiger partial charge on any atom is 0.252 e. The Morgan fingerprint density at radius 3 is 2.67 bits per heavy atom. The summed E-state index contributed by atoms with van der Waals surface area (Å²) in [5.41, 5.74) is 11.4. The summed E-state index contributed by atoms with van der Waals surface area (Å²) in [6.07, 6.45) is 2.97. The Bertz CT molecular complexity index is 480. The van der Waals surface area contributed by atoms with Crippen LogP contribution >= 0.6 is 11.8 Å². The topological polar surface area (TPSA) is 98.2 Å². The Morgan fingerprint density at radius 1 is 1.33 bits per heavy atom. The largest absolute Gasteiger partial charge is 0.369 e. The lowest BCUT2D eigenvalue weighted by Gasteiger charge is -2.17. The maximum atomic E-state index is 12.3. The van der Waals surface area contributed by atoms with Crippen molar-refractivity contribution in [3.63, 3.8) is 0 Å². The van der Waals surface area contributed by atoms with Gasteiger partial charge in [0.25, 0.3) is 5.91 Å². The minimum absolute atomic E-state index is 0.0216. The van der Waals surface area contributed by atoms with E-state index in [1.807, 2.05) is 12.1 Å². The van der Waals surface area contributed by atoms with Crippen molar-refractivity contribution in [2.45, 2.75) is 37.1 Å². The molecule has 0 saturated heterocycles. The second-order valence-corrected chi connectivity index (χ2v) is 5.82. The molecule has 1 unspecified atom stereocenters. The van der Waals surface area contributed by atoms with Gasteiger partial charge in [0.15, 0.2) is 0 Å². The van der Waals surface area contributed by atoms with Crippen LogP contribution in [0.2, 0.25) is 0 Å². The van der Waals surface area contributed by atoms with Gasteiger partial charge in [-0.05, 0) is 18.6 Å². The zero-order chi connectivity index (χ0) is 15.7. The molecule has 0 heterocycles. The molecule has 1 atom stereocenters. The summed E-state index contributed by atoms with van der Waals surface area (Å²) in [5.74, 6) is -0.410. The third kappa shape index (κ3) is 6.18. The number of thioether (sulfide) groups is 1. The first kappa shape index (κ1) is 17.5. The summed E-state index contributed by atoms with van der Waals surface area (Å²) in [4.78, 5) is 24.0.